The standard InChI is InChI=1S/C21H42O2.C17H36O.C15H33NO.C2H6.C2H2.CH3I.CH2O/c1-4-7-9-11-13-15-17-20(19-23-21(22)6-3)18-16-14-12-10-8-5-2;1-3-5-7-9-11-13-15-17(16-18)14-12-10-8-6-4-2;1-3-5-7-8-9-10-13-16(12-6-4-2)14-11-15-17;4*1-2/h20H,4-19H2,1-3H3;17-18H,3-16H2,1-2H3;17H,3-15H2,1-2H3;1-2H3;1-2H;1H3;1H2. The van der Waals surface area contributed by atoms with E-state index < -0.39 is 0 Å². The van der Waals surface area contributed by atoms with Crippen LogP contribution in [0.2, 0.25) is 0 Å². The third-order valence-electron chi connectivity index (χ3n) is 11.9. The molecule has 0 aromatic carbocycles. The molecule has 0 amide bonds. The Morgan fingerprint density at radius 3 is 1.03 bits per heavy atom. The number of hydrogen-bond donors (Lipinski definition) is 2. The fourth-order valence-electron chi connectivity index (χ4n) is 7.75. The molecule has 6 nitrogen and oxygen atoms in total. The number of alkyl halides is 1. The van der Waals surface area contributed by atoms with E-state index in [-0.39, 0.29) is 5.97 Å². The summed E-state index contributed by atoms with van der Waals surface area (Å²) in [4.78, 5) is 23.9. The molecule has 7 heteroatoms. The first-order valence-electron chi connectivity index (χ1n) is 28.5. The third kappa shape index (κ3) is 80.3. The Kier molecular flexibility index (Phi) is 101. The van der Waals surface area contributed by atoms with Crippen LogP contribution in [0.4, 0.5) is 0 Å². The molecule has 0 aliphatic heterocycles. The number of esters is 1. The lowest BCUT2D eigenvalue weighted by Gasteiger charge is -2.21. The molecule has 0 aliphatic rings. The largest absolute Gasteiger partial charge is 0.465 e. The highest BCUT2D eigenvalue weighted by Gasteiger charge is 2.12. The van der Waals surface area contributed by atoms with Gasteiger partial charge < -0.3 is 24.6 Å². The van der Waals surface area contributed by atoms with Gasteiger partial charge in [-0.2, -0.15) is 0 Å². The lowest BCUT2D eigenvalue weighted by molar-refractivity contribution is -0.144. The molecule has 1 atom stereocenters. The molecule has 0 rings (SSSR count). The molecular formula is C59H124INO5. The highest BCUT2D eigenvalue weighted by atomic mass is 127. The molecule has 0 aliphatic carbocycles. The van der Waals surface area contributed by atoms with Crippen molar-refractivity contribution < 1.29 is 24.5 Å². The van der Waals surface area contributed by atoms with Crippen molar-refractivity contribution in [2.24, 2.45) is 11.8 Å². The van der Waals surface area contributed by atoms with Gasteiger partial charge in [0.05, 0.1) is 6.61 Å². The summed E-state index contributed by atoms with van der Waals surface area (Å²) in [5.74, 6) is 1.13. The van der Waals surface area contributed by atoms with Gasteiger partial charge in [0.2, 0.25) is 0 Å². The number of aliphatic hydroxyl groups excluding tert-OH is 2. The number of ether oxygens (including phenoxy) is 1. The van der Waals surface area contributed by atoms with Crippen molar-refractivity contribution in [3.63, 3.8) is 0 Å². The second kappa shape index (κ2) is 84.3. The van der Waals surface area contributed by atoms with Crippen molar-refractivity contribution in [1.29, 1.82) is 0 Å². The van der Waals surface area contributed by atoms with E-state index in [1.54, 1.807) is 0 Å². The summed E-state index contributed by atoms with van der Waals surface area (Å²) in [6.45, 7) is 26.3. The number of aliphatic hydroxyl groups is 2. The zero-order valence-corrected chi connectivity index (χ0v) is 49.0. The second-order valence-corrected chi connectivity index (χ2v) is 17.9. The summed E-state index contributed by atoms with van der Waals surface area (Å²) in [7, 11) is 0. The molecule has 0 bridgehead atoms. The molecule has 1 unspecified atom stereocenters. The summed E-state index contributed by atoms with van der Waals surface area (Å²) < 4.78 is 5.41. The van der Waals surface area contributed by atoms with Crippen LogP contribution in [-0.2, 0) is 14.3 Å². The topological polar surface area (TPSA) is 87.1 Å². The molecule has 66 heavy (non-hydrogen) atoms. The fourth-order valence-corrected chi connectivity index (χ4v) is 7.75. The van der Waals surface area contributed by atoms with Crippen LogP contribution < -0.4 is 0 Å². The van der Waals surface area contributed by atoms with Gasteiger partial charge in [0, 0.05) is 26.2 Å². The van der Waals surface area contributed by atoms with Crippen molar-refractivity contribution in [2.75, 3.05) is 44.4 Å². The monoisotopic (exact) mass is 1050 g/mol. The van der Waals surface area contributed by atoms with Gasteiger partial charge >= 0.3 is 5.97 Å². The first-order chi connectivity index (χ1) is 32.4. The van der Waals surface area contributed by atoms with Crippen LogP contribution in [0.1, 0.15) is 300 Å². The smallest absolute Gasteiger partial charge is 0.305 e. The van der Waals surface area contributed by atoms with Crippen LogP contribution in [0.5, 0.6) is 0 Å². The molecule has 2 N–H and O–H groups in total. The van der Waals surface area contributed by atoms with E-state index in [0.717, 1.165) is 13.0 Å². The molecule has 0 radical (unpaired) electrons. The molecule has 0 spiro atoms. The van der Waals surface area contributed by atoms with Crippen molar-refractivity contribution in [2.45, 2.75) is 300 Å². The molecule has 0 saturated heterocycles. The van der Waals surface area contributed by atoms with Gasteiger partial charge in [-0.05, 0) is 74.8 Å². The number of terminal acetylenes is 1. The van der Waals surface area contributed by atoms with E-state index in [0.29, 0.717) is 38.1 Å². The summed E-state index contributed by atoms with van der Waals surface area (Å²) in [5.41, 5.74) is 0. The molecule has 0 heterocycles. The van der Waals surface area contributed by atoms with Gasteiger partial charge in [-0.15, -0.1) is 12.8 Å². The van der Waals surface area contributed by atoms with Crippen LogP contribution in [0.25, 0.3) is 0 Å². The number of rotatable bonds is 44. The van der Waals surface area contributed by atoms with Crippen molar-refractivity contribution >= 4 is 35.3 Å². The first-order valence-corrected chi connectivity index (χ1v) is 30.7. The molecule has 0 fully saturated rings. The Morgan fingerprint density at radius 1 is 0.455 bits per heavy atom. The van der Waals surface area contributed by atoms with Crippen LogP contribution >= 0.6 is 22.6 Å². The van der Waals surface area contributed by atoms with Crippen LogP contribution in [0.15, 0.2) is 0 Å². The maximum absolute atomic E-state index is 11.4. The Bertz CT molecular complexity index is 761. The van der Waals surface area contributed by atoms with E-state index in [4.69, 9.17) is 14.6 Å². The van der Waals surface area contributed by atoms with Gasteiger partial charge in [-0.25, -0.2) is 0 Å². The molecular weight excluding hydrogens is 930 g/mol. The molecule has 0 aromatic rings. The van der Waals surface area contributed by atoms with E-state index in [2.05, 4.69) is 81.9 Å². The minimum absolute atomic E-state index is 0.0408. The van der Waals surface area contributed by atoms with Crippen LogP contribution in [-0.4, -0.2) is 72.3 Å². The van der Waals surface area contributed by atoms with E-state index >= 15 is 0 Å². The quantitative estimate of drug-likeness (QED) is 0.0208. The predicted molar refractivity (Wildman–Crippen MR) is 307 cm³/mol. The zero-order valence-electron chi connectivity index (χ0n) is 46.9. The Morgan fingerprint density at radius 2 is 0.727 bits per heavy atom. The third-order valence-corrected chi connectivity index (χ3v) is 11.9. The highest BCUT2D eigenvalue weighted by molar-refractivity contribution is 14.1. The summed E-state index contributed by atoms with van der Waals surface area (Å²) in [5, 5.41) is 18.3. The number of nitrogens with zero attached hydrogens (tertiary/aromatic N) is 1. The lowest BCUT2D eigenvalue weighted by Crippen LogP contribution is -2.27. The lowest BCUT2D eigenvalue weighted by atomic mass is 9.95. The summed E-state index contributed by atoms with van der Waals surface area (Å²) >= 11 is 2.15. The van der Waals surface area contributed by atoms with Crippen molar-refractivity contribution in [1.82, 2.24) is 4.90 Å². The van der Waals surface area contributed by atoms with E-state index in [1.165, 1.54) is 238 Å². The van der Waals surface area contributed by atoms with Gasteiger partial charge in [0.15, 0.2) is 0 Å². The highest BCUT2D eigenvalue weighted by Crippen LogP contribution is 2.21. The Hall–Kier alpha value is -0.690. The number of carbonyl (C=O) groups excluding carboxylic acids is 2. The molecule has 0 aromatic heterocycles. The van der Waals surface area contributed by atoms with Crippen molar-refractivity contribution in [3.8, 4) is 12.8 Å². The first kappa shape index (κ1) is 79.4. The molecule has 402 valence electrons. The Labute approximate surface area is 431 Å². The fraction of sp³-hybridized carbons (Fsp3) is 0.932. The number of hydrogen-bond acceptors (Lipinski definition) is 6. The average molecular weight is 1050 g/mol. The number of halogens is 1. The number of carbonyl (C=O) groups is 2. The number of unbranched alkanes of at least 4 members (excludes halogenated alkanes) is 25. The predicted octanol–water partition coefficient (Wildman–Crippen LogP) is 18.7. The average Bonchev–Trinajstić information content (AvgIpc) is 3.37. The molecule has 0 saturated carbocycles. The summed E-state index contributed by atoms with van der Waals surface area (Å²) in [6, 6.07) is 0. The maximum Gasteiger partial charge on any atom is 0.305 e. The minimum atomic E-state index is -0.0408. The minimum Gasteiger partial charge on any atom is -0.465 e. The van der Waals surface area contributed by atoms with Gasteiger partial charge in [0.1, 0.15) is 6.79 Å². The van der Waals surface area contributed by atoms with Crippen molar-refractivity contribution in [3.05, 3.63) is 0 Å². The SMILES string of the molecule is C#C.C=O.CC.CCCCCCCCC(CCCCCCCC)COC(=O)CC.CCCCCCCCC(CO)CCCCCCC.CCCCCCCCN(CCCC)CCCO.CI. The van der Waals surface area contributed by atoms with Crippen LogP contribution in [0, 0.1) is 24.7 Å². The van der Waals surface area contributed by atoms with Crippen LogP contribution in [0.3, 0.4) is 0 Å². The van der Waals surface area contributed by atoms with Gasteiger partial charge in [0.25, 0.3) is 0 Å². The van der Waals surface area contributed by atoms with Gasteiger partial charge in [-0.1, -0.05) is 271 Å². The summed E-state index contributed by atoms with van der Waals surface area (Å²) in [6.07, 6.45) is 56.3. The van der Waals surface area contributed by atoms with E-state index in [1.807, 2.05) is 32.5 Å². The Balaban J connectivity index is -0.000000148. The zero-order chi connectivity index (χ0) is 51.4. The van der Waals surface area contributed by atoms with Gasteiger partial charge in [-0.3, -0.25) is 4.79 Å². The maximum atomic E-state index is 11.4. The second-order valence-electron chi connectivity index (χ2n) is 17.9. The normalized spacial score (nSPS) is 10.6. The van der Waals surface area contributed by atoms with E-state index in [9.17, 15) is 9.90 Å².